The molecule has 3 aromatic heterocycles. The molecule has 1 N–H and O–H groups in total. The van der Waals surface area contributed by atoms with Gasteiger partial charge in [0.05, 0.1) is 17.4 Å². The van der Waals surface area contributed by atoms with Crippen LogP contribution < -0.4 is 10.1 Å². The number of nitrogens with one attached hydrogen (secondary N) is 1. The zero-order chi connectivity index (χ0) is 18.8. The van der Waals surface area contributed by atoms with Gasteiger partial charge in [0.2, 0.25) is 5.91 Å². The number of carbonyl (C=O) groups is 1. The van der Waals surface area contributed by atoms with Crippen LogP contribution in [0, 0.1) is 0 Å². The third kappa shape index (κ3) is 3.81. The first-order valence-corrected chi connectivity index (χ1v) is 9.35. The molecule has 27 heavy (non-hydrogen) atoms. The summed E-state index contributed by atoms with van der Waals surface area (Å²) in [5.74, 6) is 0.939. The summed E-state index contributed by atoms with van der Waals surface area (Å²) in [4.78, 5) is 12.9. The second kappa shape index (κ2) is 7.42. The van der Waals surface area contributed by atoms with Crippen molar-refractivity contribution in [2.45, 2.75) is 13.3 Å². The maximum Gasteiger partial charge on any atom is 0.322 e. The van der Waals surface area contributed by atoms with E-state index in [1.165, 1.54) is 11.3 Å². The molecule has 3 heterocycles. The molecule has 0 saturated heterocycles. The molecule has 7 nitrogen and oxygen atoms in total. The van der Waals surface area contributed by atoms with Crippen molar-refractivity contribution >= 4 is 45.8 Å². The minimum absolute atomic E-state index is 0.00291. The first kappa shape index (κ1) is 17.6. The highest BCUT2D eigenvalue weighted by molar-refractivity contribution is 7.16. The van der Waals surface area contributed by atoms with E-state index in [4.69, 9.17) is 25.2 Å². The van der Waals surface area contributed by atoms with Gasteiger partial charge in [-0.1, -0.05) is 28.8 Å². The van der Waals surface area contributed by atoms with E-state index in [0.717, 1.165) is 10.3 Å². The zero-order valence-corrected chi connectivity index (χ0v) is 15.8. The van der Waals surface area contributed by atoms with Crippen molar-refractivity contribution in [3.63, 3.8) is 0 Å². The quantitative estimate of drug-likeness (QED) is 0.498. The Morgan fingerprint density at radius 1 is 1.26 bits per heavy atom. The van der Waals surface area contributed by atoms with Gasteiger partial charge in [-0.3, -0.25) is 10.1 Å². The number of thiophene rings is 1. The van der Waals surface area contributed by atoms with Crippen LogP contribution in [0.25, 0.3) is 22.6 Å². The molecular weight excluding hydrogens is 390 g/mol. The predicted molar refractivity (Wildman–Crippen MR) is 102 cm³/mol. The number of carbonyl (C=O) groups excluding carboxylic acids is 1. The van der Waals surface area contributed by atoms with Crippen LogP contribution in [-0.4, -0.2) is 22.7 Å². The second-order valence-electron chi connectivity index (χ2n) is 5.56. The number of hydrogen-bond donors (Lipinski definition) is 1. The van der Waals surface area contributed by atoms with Crippen molar-refractivity contribution < 1.29 is 18.4 Å². The van der Waals surface area contributed by atoms with E-state index in [1.54, 1.807) is 18.2 Å². The summed E-state index contributed by atoms with van der Waals surface area (Å²) in [6, 6.07) is 10.9. The van der Waals surface area contributed by atoms with Gasteiger partial charge in [-0.05, 0) is 31.2 Å². The molecule has 0 bridgehead atoms. The van der Waals surface area contributed by atoms with Crippen LogP contribution in [0.5, 0.6) is 5.75 Å². The molecule has 0 aliphatic rings. The highest BCUT2D eigenvalue weighted by atomic mass is 35.5. The van der Waals surface area contributed by atoms with Gasteiger partial charge in [-0.25, -0.2) is 0 Å². The average Bonchev–Trinajstić information content (AvgIpc) is 3.35. The Morgan fingerprint density at radius 2 is 2.15 bits per heavy atom. The van der Waals surface area contributed by atoms with Gasteiger partial charge < -0.3 is 13.6 Å². The highest BCUT2D eigenvalue weighted by Gasteiger charge is 2.17. The summed E-state index contributed by atoms with van der Waals surface area (Å²) in [6.07, 6.45) is 0.178. The second-order valence-corrected chi connectivity index (χ2v) is 7.36. The summed E-state index contributed by atoms with van der Waals surface area (Å²) in [5, 5.41) is 11.2. The molecule has 4 aromatic rings. The molecular formula is C18H14ClN3O4S. The number of hydrogen-bond acceptors (Lipinski definition) is 7. The number of fused-ring (bicyclic) bond motifs is 1. The van der Waals surface area contributed by atoms with Crippen LogP contribution in [0.4, 0.5) is 6.01 Å². The van der Waals surface area contributed by atoms with Crippen molar-refractivity contribution in [1.29, 1.82) is 0 Å². The third-order valence-electron chi connectivity index (χ3n) is 3.65. The predicted octanol–water partition coefficient (Wildman–Crippen LogP) is 4.78. The number of ether oxygens (including phenoxy) is 1. The topological polar surface area (TPSA) is 90.4 Å². The monoisotopic (exact) mass is 403 g/mol. The molecule has 138 valence electrons. The number of para-hydroxylation sites is 1. The van der Waals surface area contributed by atoms with Crippen molar-refractivity contribution in [2.75, 3.05) is 11.9 Å². The first-order valence-electron chi connectivity index (χ1n) is 8.15. The van der Waals surface area contributed by atoms with Gasteiger partial charge in [0.15, 0.2) is 17.1 Å². The number of rotatable bonds is 6. The van der Waals surface area contributed by atoms with Crippen LogP contribution >= 0.6 is 22.9 Å². The largest absolute Gasteiger partial charge is 0.490 e. The average molecular weight is 404 g/mol. The smallest absolute Gasteiger partial charge is 0.322 e. The number of anilines is 1. The maximum absolute atomic E-state index is 12.1. The molecule has 1 aromatic carbocycles. The molecule has 0 unspecified atom stereocenters. The van der Waals surface area contributed by atoms with Crippen LogP contribution in [0.15, 0.2) is 45.2 Å². The minimum Gasteiger partial charge on any atom is -0.490 e. The molecule has 0 spiro atoms. The molecule has 9 heteroatoms. The van der Waals surface area contributed by atoms with Gasteiger partial charge >= 0.3 is 6.01 Å². The third-order valence-corrected chi connectivity index (χ3v) is 4.88. The van der Waals surface area contributed by atoms with Crippen LogP contribution in [0.3, 0.4) is 0 Å². The summed E-state index contributed by atoms with van der Waals surface area (Å²) in [5.41, 5.74) is 0.604. The lowest BCUT2D eigenvalue weighted by Crippen LogP contribution is -2.13. The van der Waals surface area contributed by atoms with E-state index in [9.17, 15) is 4.79 Å². The Balaban J connectivity index is 1.51. The molecule has 1 amide bonds. The molecule has 0 radical (unpaired) electrons. The van der Waals surface area contributed by atoms with Gasteiger partial charge in [0.25, 0.3) is 5.89 Å². The van der Waals surface area contributed by atoms with E-state index >= 15 is 0 Å². The number of furan rings is 1. The Morgan fingerprint density at radius 3 is 2.93 bits per heavy atom. The van der Waals surface area contributed by atoms with E-state index in [-0.39, 0.29) is 24.2 Å². The Labute approximate surface area is 162 Å². The van der Waals surface area contributed by atoms with Crippen molar-refractivity contribution in [1.82, 2.24) is 10.2 Å². The number of amides is 1. The lowest BCUT2D eigenvalue weighted by molar-refractivity contribution is -0.115. The standard InChI is InChI=1S/C18H14ClN3O4S/c1-2-24-12-5-3-4-10-8-13(25-16(10)12)17-21-22-18(26-17)20-15(23)9-11-6-7-14(19)27-11/h3-8H,2,9H2,1H3,(H,20,22,23). The Bertz CT molecular complexity index is 1100. The van der Waals surface area contributed by atoms with Gasteiger partial charge in [0, 0.05) is 10.3 Å². The molecule has 0 aliphatic heterocycles. The number of benzene rings is 1. The summed E-state index contributed by atoms with van der Waals surface area (Å²) < 4.78 is 17.5. The van der Waals surface area contributed by atoms with E-state index < -0.39 is 0 Å². The van der Waals surface area contributed by atoms with Crippen LogP contribution in [0.1, 0.15) is 11.8 Å². The lowest BCUT2D eigenvalue weighted by Gasteiger charge is -2.01. The fraction of sp³-hybridized carbons (Fsp3) is 0.167. The van der Waals surface area contributed by atoms with Gasteiger partial charge in [0.1, 0.15) is 0 Å². The zero-order valence-electron chi connectivity index (χ0n) is 14.2. The fourth-order valence-corrected chi connectivity index (χ4v) is 3.64. The number of nitrogens with zero attached hydrogens (tertiary/aromatic N) is 2. The van der Waals surface area contributed by atoms with Crippen LogP contribution in [-0.2, 0) is 11.2 Å². The molecule has 4 rings (SSSR count). The normalized spacial score (nSPS) is 11.0. The van der Waals surface area contributed by atoms with Crippen molar-refractivity contribution in [2.24, 2.45) is 0 Å². The molecule has 0 aliphatic carbocycles. The van der Waals surface area contributed by atoms with E-state index in [2.05, 4.69) is 15.5 Å². The maximum atomic E-state index is 12.1. The molecule has 0 saturated carbocycles. The summed E-state index contributed by atoms with van der Waals surface area (Å²) >= 11 is 7.21. The summed E-state index contributed by atoms with van der Waals surface area (Å²) in [6.45, 7) is 2.43. The Hall–Kier alpha value is -2.84. The van der Waals surface area contributed by atoms with E-state index in [0.29, 0.717) is 28.0 Å². The highest BCUT2D eigenvalue weighted by Crippen LogP contribution is 2.33. The fourth-order valence-electron chi connectivity index (χ4n) is 2.55. The van der Waals surface area contributed by atoms with Crippen molar-refractivity contribution in [3.05, 3.63) is 45.6 Å². The molecule has 0 atom stereocenters. The summed E-state index contributed by atoms with van der Waals surface area (Å²) in [7, 11) is 0. The minimum atomic E-state index is -0.271. The van der Waals surface area contributed by atoms with Gasteiger partial charge in [-0.2, -0.15) is 0 Å². The number of halogens is 1. The SMILES string of the molecule is CCOc1cccc2cc(-c3nnc(NC(=O)Cc4ccc(Cl)s4)o3)oc12. The molecule has 0 fully saturated rings. The van der Waals surface area contributed by atoms with E-state index in [1.807, 2.05) is 25.1 Å². The number of aromatic nitrogens is 2. The lowest BCUT2D eigenvalue weighted by atomic mass is 10.2. The van der Waals surface area contributed by atoms with Crippen molar-refractivity contribution in [3.8, 4) is 17.4 Å². The Kier molecular flexibility index (Phi) is 4.83. The first-order chi connectivity index (χ1) is 13.1. The van der Waals surface area contributed by atoms with Gasteiger partial charge in [-0.15, -0.1) is 16.4 Å². The van der Waals surface area contributed by atoms with Crippen LogP contribution in [0.2, 0.25) is 4.34 Å².